The minimum absolute atomic E-state index is 0.209. The van der Waals surface area contributed by atoms with E-state index < -0.39 is 22.7 Å². The van der Waals surface area contributed by atoms with Crippen LogP contribution in [0.15, 0.2) is 66.9 Å². The molecule has 2 heterocycles. The molecule has 1 aliphatic heterocycles. The number of aromatic nitrogens is 1. The van der Waals surface area contributed by atoms with Gasteiger partial charge in [-0.1, -0.05) is 12.1 Å². The molecule has 7 nitrogen and oxygen atoms in total. The maximum absolute atomic E-state index is 13.1. The zero-order valence-electron chi connectivity index (χ0n) is 17.1. The summed E-state index contributed by atoms with van der Waals surface area (Å²) in [6, 6.07) is 16.8. The van der Waals surface area contributed by atoms with Gasteiger partial charge >= 0.3 is 0 Å². The lowest BCUT2D eigenvalue weighted by Crippen LogP contribution is -2.37. The summed E-state index contributed by atoms with van der Waals surface area (Å²) in [6.07, 6.45) is 2.55. The smallest absolute Gasteiger partial charge is 0.238 e. The molecule has 0 fully saturated rings. The van der Waals surface area contributed by atoms with E-state index in [1.54, 1.807) is 55.6 Å². The van der Waals surface area contributed by atoms with Crippen LogP contribution in [-0.2, 0) is 16.6 Å². The summed E-state index contributed by atoms with van der Waals surface area (Å²) in [6.45, 7) is 0.236. The number of aliphatic hydroxyl groups excluding tert-OH is 1. The fraction of sp³-hybridized carbons (Fsp3) is 0.261. The summed E-state index contributed by atoms with van der Waals surface area (Å²) in [5.74, 6) is 0.0514. The van der Waals surface area contributed by atoms with Crippen molar-refractivity contribution >= 4 is 21.5 Å². The summed E-state index contributed by atoms with van der Waals surface area (Å²) in [5, 5.41) is 9.35. The van der Waals surface area contributed by atoms with Crippen molar-refractivity contribution in [3.8, 4) is 5.75 Å². The number of ketones is 1. The van der Waals surface area contributed by atoms with Crippen molar-refractivity contribution in [2.24, 2.45) is 0 Å². The average molecular weight is 441 g/mol. The predicted octanol–water partition coefficient (Wildman–Crippen LogP) is 3.00. The number of carbonyl (C=O) groups is 1. The van der Waals surface area contributed by atoms with Crippen molar-refractivity contribution in [3.63, 3.8) is 0 Å². The third kappa shape index (κ3) is 4.08. The molecule has 0 saturated carbocycles. The van der Waals surface area contributed by atoms with Crippen LogP contribution in [0.5, 0.6) is 5.75 Å². The fourth-order valence-electron chi connectivity index (χ4n) is 4.02. The van der Waals surface area contributed by atoms with E-state index in [1.807, 2.05) is 22.9 Å². The van der Waals surface area contributed by atoms with Crippen LogP contribution in [0.2, 0.25) is 0 Å². The van der Waals surface area contributed by atoms with Crippen LogP contribution in [0.3, 0.4) is 0 Å². The molecule has 0 saturated heterocycles. The molecule has 1 atom stereocenters. The van der Waals surface area contributed by atoms with Crippen LogP contribution in [-0.4, -0.2) is 43.3 Å². The Hall–Kier alpha value is -3.10. The number of hydrogen-bond acceptors (Lipinski definition) is 5. The van der Waals surface area contributed by atoms with Crippen molar-refractivity contribution < 1.29 is 23.1 Å². The molecule has 162 valence electrons. The Labute approximate surface area is 181 Å². The molecule has 0 spiro atoms. The number of sulfonamides is 1. The van der Waals surface area contributed by atoms with Gasteiger partial charge in [-0.15, -0.1) is 0 Å². The lowest BCUT2D eigenvalue weighted by molar-refractivity contribution is 0.103. The van der Waals surface area contributed by atoms with Gasteiger partial charge in [0.25, 0.3) is 0 Å². The van der Waals surface area contributed by atoms with E-state index >= 15 is 0 Å². The van der Waals surface area contributed by atoms with Gasteiger partial charge in [-0.25, -0.2) is 8.42 Å². The van der Waals surface area contributed by atoms with Gasteiger partial charge in [0.05, 0.1) is 31.2 Å². The summed E-state index contributed by atoms with van der Waals surface area (Å²) in [5.41, 5.74) is 2.18. The molecule has 4 rings (SSSR count). The maximum atomic E-state index is 13.1. The highest BCUT2D eigenvalue weighted by Crippen LogP contribution is 2.38. The van der Waals surface area contributed by atoms with Crippen LogP contribution in [0.4, 0.5) is 5.69 Å². The molecule has 1 aliphatic rings. The number of ether oxygens (including phenoxy) is 1. The number of benzene rings is 2. The highest BCUT2D eigenvalue weighted by atomic mass is 32.2. The molecule has 0 amide bonds. The highest BCUT2D eigenvalue weighted by Gasteiger charge is 2.35. The fourth-order valence-corrected chi connectivity index (χ4v) is 5.48. The van der Waals surface area contributed by atoms with Gasteiger partial charge in [0.1, 0.15) is 5.75 Å². The molecule has 31 heavy (non-hydrogen) atoms. The standard InChI is InChI=1S/C23H24N2O5S/c1-30-20-9-7-17(8-10-20)23(27)18-4-2-5-19(16-18)25(31(28,29)15-14-26)22-11-13-24-12-3-6-21(22)24/h2-10,12,16,22,26H,11,13-15H2,1H3. The second-order valence-corrected chi connectivity index (χ2v) is 9.34. The van der Waals surface area contributed by atoms with Gasteiger partial charge in [-0.05, 0) is 55.0 Å². The Bertz CT molecular complexity index is 1180. The lowest BCUT2D eigenvalue weighted by Gasteiger charge is -2.30. The topological polar surface area (TPSA) is 88.8 Å². The van der Waals surface area contributed by atoms with Gasteiger partial charge in [-0.3, -0.25) is 9.10 Å². The Morgan fingerprint density at radius 3 is 2.61 bits per heavy atom. The Morgan fingerprint density at radius 1 is 1.13 bits per heavy atom. The van der Waals surface area contributed by atoms with Crippen LogP contribution in [0.1, 0.15) is 34.1 Å². The predicted molar refractivity (Wildman–Crippen MR) is 118 cm³/mol. The Morgan fingerprint density at radius 2 is 1.90 bits per heavy atom. The molecule has 2 aromatic carbocycles. The molecule has 0 aliphatic carbocycles. The number of rotatable bonds is 8. The van der Waals surface area contributed by atoms with Gasteiger partial charge in [0.15, 0.2) is 5.78 Å². The Balaban J connectivity index is 1.73. The summed E-state index contributed by atoms with van der Waals surface area (Å²) >= 11 is 0. The van der Waals surface area contributed by atoms with Crippen molar-refractivity contribution in [2.45, 2.75) is 19.0 Å². The minimum Gasteiger partial charge on any atom is -0.497 e. The van der Waals surface area contributed by atoms with Crippen molar-refractivity contribution in [1.29, 1.82) is 0 Å². The van der Waals surface area contributed by atoms with E-state index in [1.165, 1.54) is 4.31 Å². The number of methoxy groups -OCH3 is 1. The highest BCUT2D eigenvalue weighted by molar-refractivity contribution is 7.92. The van der Waals surface area contributed by atoms with E-state index in [0.29, 0.717) is 35.5 Å². The quantitative estimate of drug-likeness (QED) is 0.544. The van der Waals surface area contributed by atoms with E-state index in [4.69, 9.17) is 4.74 Å². The number of hydrogen-bond donors (Lipinski definition) is 1. The summed E-state index contributed by atoms with van der Waals surface area (Å²) in [4.78, 5) is 13.0. The molecule has 1 aromatic heterocycles. The number of aryl methyl sites for hydroxylation is 1. The lowest BCUT2D eigenvalue weighted by atomic mass is 10.0. The molecule has 0 radical (unpaired) electrons. The normalized spacial score (nSPS) is 15.5. The first kappa shape index (κ1) is 21.1. The number of nitrogens with zero attached hydrogens (tertiary/aromatic N) is 2. The van der Waals surface area contributed by atoms with Gasteiger partial charge < -0.3 is 14.4 Å². The van der Waals surface area contributed by atoms with E-state index in [0.717, 1.165) is 5.69 Å². The van der Waals surface area contributed by atoms with Gasteiger partial charge in [-0.2, -0.15) is 0 Å². The second-order valence-electron chi connectivity index (χ2n) is 7.37. The van der Waals surface area contributed by atoms with Crippen molar-refractivity contribution in [3.05, 3.63) is 83.7 Å². The van der Waals surface area contributed by atoms with Crippen LogP contribution < -0.4 is 9.04 Å². The molecule has 0 bridgehead atoms. The van der Waals surface area contributed by atoms with Gasteiger partial charge in [0.2, 0.25) is 10.0 Å². The average Bonchev–Trinajstić information content (AvgIpc) is 3.39. The van der Waals surface area contributed by atoms with Crippen molar-refractivity contribution in [1.82, 2.24) is 4.57 Å². The molecular formula is C23H24N2O5S. The second kappa shape index (κ2) is 8.56. The first-order valence-corrected chi connectivity index (χ1v) is 11.6. The van der Waals surface area contributed by atoms with Crippen molar-refractivity contribution in [2.75, 3.05) is 23.8 Å². The van der Waals surface area contributed by atoms with Crippen LogP contribution >= 0.6 is 0 Å². The van der Waals surface area contributed by atoms with Crippen LogP contribution in [0, 0.1) is 0 Å². The molecule has 1 unspecified atom stereocenters. The first-order chi connectivity index (χ1) is 14.9. The van der Waals surface area contributed by atoms with Gasteiger partial charge in [0, 0.05) is 29.6 Å². The zero-order valence-corrected chi connectivity index (χ0v) is 18.0. The van der Waals surface area contributed by atoms with E-state index in [2.05, 4.69) is 0 Å². The number of aliphatic hydroxyl groups is 1. The largest absolute Gasteiger partial charge is 0.497 e. The van der Waals surface area contributed by atoms with Crippen LogP contribution in [0.25, 0.3) is 0 Å². The first-order valence-electron chi connectivity index (χ1n) is 10.0. The summed E-state index contributed by atoms with van der Waals surface area (Å²) < 4.78 is 34.8. The maximum Gasteiger partial charge on any atom is 0.238 e. The monoisotopic (exact) mass is 440 g/mol. The number of carbonyl (C=O) groups excluding carboxylic acids is 1. The minimum atomic E-state index is -3.80. The third-order valence-corrected chi connectivity index (χ3v) is 7.26. The molecule has 8 heteroatoms. The zero-order chi connectivity index (χ0) is 22.0. The Kier molecular flexibility index (Phi) is 5.84. The number of anilines is 1. The molecule has 1 N–H and O–H groups in total. The SMILES string of the molecule is COc1ccc(C(=O)c2cccc(N(C3CCn4cccc43)S(=O)(=O)CCO)c2)cc1. The summed E-state index contributed by atoms with van der Waals surface area (Å²) in [7, 11) is -2.25. The number of fused-ring (bicyclic) bond motifs is 1. The molecule has 3 aromatic rings. The van der Waals surface area contributed by atoms with E-state index in [-0.39, 0.29) is 11.5 Å². The van der Waals surface area contributed by atoms with E-state index in [9.17, 15) is 18.3 Å². The molecular weight excluding hydrogens is 416 g/mol. The third-order valence-electron chi connectivity index (χ3n) is 5.50.